The highest BCUT2D eigenvalue weighted by Gasteiger charge is 2.32. The van der Waals surface area contributed by atoms with E-state index < -0.39 is 0 Å². The monoisotopic (exact) mass is 210 g/mol. The van der Waals surface area contributed by atoms with Crippen LogP contribution >= 0.6 is 0 Å². The van der Waals surface area contributed by atoms with E-state index in [-0.39, 0.29) is 6.04 Å². The first-order valence-electron chi connectivity index (χ1n) is 6.18. The van der Waals surface area contributed by atoms with Crippen molar-refractivity contribution in [3.05, 3.63) is 0 Å². The van der Waals surface area contributed by atoms with Gasteiger partial charge in [0, 0.05) is 13.1 Å². The van der Waals surface area contributed by atoms with Gasteiger partial charge in [-0.25, -0.2) is 0 Å². The number of nitrogens with zero attached hydrogens (tertiary/aromatic N) is 1. The molecule has 3 heteroatoms. The van der Waals surface area contributed by atoms with Crippen molar-refractivity contribution in [3.8, 4) is 0 Å². The number of nitrogens with one attached hydrogen (secondary N) is 1. The Morgan fingerprint density at radius 2 is 2.07 bits per heavy atom. The Hall–Kier alpha value is -0.570. The second-order valence-electron chi connectivity index (χ2n) is 5.17. The molecule has 2 aliphatic rings. The van der Waals surface area contributed by atoms with Crippen LogP contribution < -0.4 is 5.32 Å². The van der Waals surface area contributed by atoms with Crippen LogP contribution in [-0.2, 0) is 4.79 Å². The summed E-state index contributed by atoms with van der Waals surface area (Å²) in [5.74, 6) is 1.09. The molecule has 15 heavy (non-hydrogen) atoms. The van der Waals surface area contributed by atoms with Crippen LogP contribution in [0.4, 0.5) is 0 Å². The summed E-state index contributed by atoms with van der Waals surface area (Å²) in [5.41, 5.74) is 0. The third-order valence-corrected chi connectivity index (χ3v) is 3.93. The fourth-order valence-corrected chi connectivity index (χ4v) is 2.68. The van der Waals surface area contributed by atoms with Gasteiger partial charge >= 0.3 is 0 Å². The summed E-state index contributed by atoms with van der Waals surface area (Å²) in [6, 6.07) is 0.607. The summed E-state index contributed by atoms with van der Waals surface area (Å²) in [5, 5.41) is 3.19. The molecule has 1 saturated heterocycles. The predicted octanol–water partition coefficient (Wildman–Crippen LogP) is 1.39. The predicted molar refractivity (Wildman–Crippen MR) is 60.6 cm³/mol. The van der Waals surface area contributed by atoms with Crippen LogP contribution in [0.25, 0.3) is 0 Å². The molecule has 86 valence electrons. The Balaban J connectivity index is 1.88. The fraction of sp³-hybridized carbons (Fsp3) is 0.917. The van der Waals surface area contributed by atoms with E-state index in [2.05, 4.69) is 12.2 Å². The number of rotatable bonds is 2. The standard InChI is InChI=1S/C12H22N2O/c1-9-4-3-5-10(8-9)14(2)12(15)11-6-7-13-11/h9-11,13H,3-8H2,1-2H3/t9?,10?,11-/m1/s1. The third kappa shape index (κ3) is 2.33. The largest absolute Gasteiger partial charge is 0.341 e. The molecular weight excluding hydrogens is 188 g/mol. The first-order valence-corrected chi connectivity index (χ1v) is 6.18. The molecular formula is C12H22N2O. The zero-order chi connectivity index (χ0) is 10.8. The smallest absolute Gasteiger partial charge is 0.239 e. The van der Waals surface area contributed by atoms with Gasteiger partial charge in [0.05, 0.1) is 6.04 Å². The van der Waals surface area contributed by atoms with Crippen molar-refractivity contribution in [2.45, 2.75) is 51.1 Å². The van der Waals surface area contributed by atoms with E-state index in [1.807, 2.05) is 11.9 Å². The summed E-state index contributed by atoms with van der Waals surface area (Å²) in [4.78, 5) is 14.0. The molecule has 0 aromatic heterocycles. The van der Waals surface area contributed by atoms with Crippen LogP contribution in [0.3, 0.4) is 0 Å². The van der Waals surface area contributed by atoms with Crippen LogP contribution in [0.2, 0.25) is 0 Å². The van der Waals surface area contributed by atoms with Gasteiger partial charge in [-0.3, -0.25) is 4.79 Å². The number of hydrogen-bond donors (Lipinski definition) is 1. The Bertz CT molecular complexity index is 238. The van der Waals surface area contributed by atoms with Crippen molar-refractivity contribution in [1.29, 1.82) is 0 Å². The second kappa shape index (κ2) is 4.52. The Morgan fingerprint density at radius 3 is 2.60 bits per heavy atom. The number of likely N-dealkylation sites (N-methyl/N-ethyl adjacent to an activating group) is 1. The van der Waals surface area contributed by atoms with E-state index in [1.54, 1.807) is 0 Å². The lowest BCUT2D eigenvalue weighted by Crippen LogP contribution is -2.56. The average molecular weight is 210 g/mol. The molecule has 1 heterocycles. The molecule has 1 N–H and O–H groups in total. The zero-order valence-electron chi connectivity index (χ0n) is 9.83. The van der Waals surface area contributed by atoms with Crippen LogP contribution in [0.5, 0.6) is 0 Å². The Kier molecular flexibility index (Phi) is 3.29. The van der Waals surface area contributed by atoms with Gasteiger partial charge in [-0.2, -0.15) is 0 Å². The van der Waals surface area contributed by atoms with E-state index in [0.717, 1.165) is 18.9 Å². The van der Waals surface area contributed by atoms with Crippen molar-refractivity contribution < 1.29 is 4.79 Å². The highest BCUT2D eigenvalue weighted by Crippen LogP contribution is 2.27. The first kappa shape index (κ1) is 10.9. The molecule has 0 radical (unpaired) electrons. The SMILES string of the molecule is CC1CCCC(N(C)C(=O)[C@H]2CCN2)C1. The molecule has 2 fully saturated rings. The highest BCUT2D eigenvalue weighted by atomic mass is 16.2. The summed E-state index contributed by atoms with van der Waals surface area (Å²) >= 11 is 0. The van der Waals surface area contributed by atoms with E-state index in [0.29, 0.717) is 11.9 Å². The highest BCUT2D eigenvalue weighted by molar-refractivity contribution is 5.82. The molecule has 1 aliphatic carbocycles. The van der Waals surface area contributed by atoms with Crippen molar-refractivity contribution in [3.63, 3.8) is 0 Å². The normalized spacial score (nSPS) is 35.7. The first-order chi connectivity index (χ1) is 7.18. The summed E-state index contributed by atoms with van der Waals surface area (Å²) in [6.45, 7) is 3.30. The quantitative estimate of drug-likeness (QED) is 0.747. The van der Waals surface area contributed by atoms with Gasteiger partial charge in [-0.05, 0) is 31.7 Å². The van der Waals surface area contributed by atoms with Gasteiger partial charge in [0.15, 0.2) is 0 Å². The maximum absolute atomic E-state index is 12.0. The Labute approximate surface area is 92.2 Å². The van der Waals surface area contributed by atoms with Gasteiger partial charge in [0.2, 0.25) is 5.91 Å². The number of hydrogen-bond acceptors (Lipinski definition) is 2. The minimum Gasteiger partial charge on any atom is -0.341 e. The molecule has 0 bridgehead atoms. The van der Waals surface area contributed by atoms with Crippen LogP contribution in [0.1, 0.15) is 39.0 Å². The molecule has 0 spiro atoms. The Morgan fingerprint density at radius 1 is 1.33 bits per heavy atom. The molecule has 2 unspecified atom stereocenters. The van der Waals surface area contributed by atoms with Gasteiger partial charge < -0.3 is 10.2 Å². The molecule has 1 saturated carbocycles. The maximum atomic E-state index is 12.0. The van der Waals surface area contributed by atoms with Crippen LogP contribution in [-0.4, -0.2) is 36.5 Å². The van der Waals surface area contributed by atoms with Crippen molar-refractivity contribution in [1.82, 2.24) is 10.2 Å². The molecule has 1 aliphatic heterocycles. The van der Waals surface area contributed by atoms with Gasteiger partial charge in [0.25, 0.3) is 0 Å². The summed E-state index contributed by atoms with van der Waals surface area (Å²) in [7, 11) is 1.98. The van der Waals surface area contributed by atoms with Crippen molar-refractivity contribution in [2.24, 2.45) is 5.92 Å². The fourth-order valence-electron chi connectivity index (χ4n) is 2.68. The van der Waals surface area contributed by atoms with Crippen LogP contribution in [0.15, 0.2) is 0 Å². The number of carbonyl (C=O) groups excluding carboxylic acids is 1. The zero-order valence-corrected chi connectivity index (χ0v) is 9.83. The molecule has 3 atom stereocenters. The molecule has 1 amide bonds. The third-order valence-electron chi connectivity index (χ3n) is 3.93. The minimum absolute atomic E-state index is 0.118. The van der Waals surface area contributed by atoms with E-state index in [1.165, 1.54) is 25.7 Å². The van der Waals surface area contributed by atoms with E-state index in [9.17, 15) is 4.79 Å². The molecule has 0 aromatic rings. The van der Waals surface area contributed by atoms with E-state index in [4.69, 9.17) is 0 Å². The number of amides is 1. The molecule has 0 aromatic carbocycles. The van der Waals surface area contributed by atoms with Crippen molar-refractivity contribution in [2.75, 3.05) is 13.6 Å². The lowest BCUT2D eigenvalue weighted by Gasteiger charge is -2.38. The second-order valence-corrected chi connectivity index (χ2v) is 5.17. The molecule has 3 nitrogen and oxygen atoms in total. The van der Waals surface area contributed by atoms with Gasteiger partial charge in [-0.15, -0.1) is 0 Å². The average Bonchev–Trinajstić information content (AvgIpc) is 2.14. The molecule has 2 rings (SSSR count). The summed E-state index contributed by atoms with van der Waals surface area (Å²) in [6.07, 6.45) is 6.02. The van der Waals surface area contributed by atoms with Gasteiger partial charge in [-0.1, -0.05) is 19.8 Å². The number of carbonyl (C=O) groups is 1. The van der Waals surface area contributed by atoms with E-state index >= 15 is 0 Å². The van der Waals surface area contributed by atoms with Crippen LogP contribution in [0, 0.1) is 5.92 Å². The van der Waals surface area contributed by atoms with Crippen molar-refractivity contribution >= 4 is 5.91 Å². The van der Waals surface area contributed by atoms with Gasteiger partial charge in [0.1, 0.15) is 0 Å². The lowest BCUT2D eigenvalue weighted by molar-refractivity contribution is -0.136. The lowest BCUT2D eigenvalue weighted by atomic mass is 9.86. The maximum Gasteiger partial charge on any atom is 0.239 e. The minimum atomic E-state index is 0.118. The summed E-state index contributed by atoms with van der Waals surface area (Å²) < 4.78 is 0. The topological polar surface area (TPSA) is 32.3 Å².